The van der Waals surface area contributed by atoms with Gasteiger partial charge in [-0.3, -0.25) is 9.59 Å². The summed E-state index contributed by atoms with van der Waals surface area (Å²) in [6.45, 7) is 1.20. The lowest BCUT2D eigenvalue weighted by Gasteiger charge is -2.29. The third-order valence-electron chi connectivity index (χ3n) is 5.40. The van der Waals surface area contributed by atoms with Gasteiger partial charge in [-0.15, -0.1) is 0 Å². The van der Waals surface area contributed by atoms with Crippen LogP contribution in [0.5, 0.6) is 0 Å². The first-order valence-electron chi connectivity index (χ1n) is 10.0. The zero-order chi connectivity index (χ0) is 20.8. The van der Waals surface area contributed by atoms with E-state index in [-0.39, 0.29) is 36.1 Å². The van der Waals surface area contributed by atoms with Crippen LogP contribution in [0.3, 0.4) is 0 Å². The van der Waals surface area contributed by atoms with E-state index in [0.717, 1.165) is 18.4 Å². The number of amides is 2. The highest BCUT2D eigenvalue weighted by Gasteiger charge is 2.31. The number of rotatable bonds is 7. The fourth-order valence-corrected chi connectivity index (χ4v) is 3.89. The van der Waals surface area contributed by atoms with E-state index in [0.29, 0.717) is 25.1 Å². The third-order valence-corrected chi connectivity index (χ3v) is 5.40. The van der Waals surface area contributed by atoms with Crippen LogP contribution < -0.4 is 5.73 Å². The van der Waals surface area contributed by atoms with Crippen LogP contribution in [0.1, 0.15) is 35.2 Å². The summed E-state index contributed by atoms with van der Waals surface area (Å²) in [6.07, 6.45) is 2.57. The van der Waals surface area contributed by atoms with Gasteiger partial charge in [-0.2, -0.15) is 0 Å². The molecule has 29 heavy (non-hydrogen) atoms. The first-order valence-corrected chi connectivity index (χ1v) is 10.0. The number of likely N-dealkylation sites (tertiary alicyclic amines) is 1. The quantitative estimate of drug-likeness (QED) is 0.781. The number of likely N-dealkylation sites (N-methyl/N-ethyl adjacent to an activating group) is 1. The highest BCUT2D eigenvalue weighted by atomic mass is 19.1. The molecular formula is C23H28FN3O2. The number of carbonyl (C=O) groups is 2. The summed E-state index contributed by atoms with van der Waals surface area (Å²) in [7, 11) is 1.77. The zero-order valence-corrected chi connectivity index (χ0v) is 16.8. The van der Waals surface area contributed by atoms with Crippen molar-refractivity contribution in [3.05, 3.63) is 71.5 Å². The summed E-state index contributed by atoms with van der Waals surface area (Å²) < 4.78 is 13.0. The van der Waals surface area contributed by atoms with Gasteiger partial charge in [0.05, 0.1) is 0 Å². The van der Waals surface area contributed by atoms with E-state index in [1.54, 1.807) is 36.2 Å². The minimum Gasteiger partial charge on any atom is -0.340 e. The average Bonchev–Trinajstić information content (AvgIpc) is 3.18. The monoisotopic (exact) mass is 397 g/mol. The summed E-state index contributed by atoms with van der Waals surface area (Å²) >= 11 is 0. The van der Waals surface area contributed by atoms with Crippen molar-refractivity contribution in [3.63, 3.8) is 0 Å². The van der Waals surface area contributed by atoms with Crippen LogP contribution in [0.25, 0.3) is 0 Å². The third kappa shape index (κ3) is 5.64. The number of hydrogen-bond acceptors (Lipinski definition) is 3. The maximum atomic E-state index is 13.0. The Hall–Kier alpha value is -2.73. The topological polar surface area (TPSA) is 66.6 Å². The summed E-state index contributed by atoms with van der Waals surface area (Å²) in [5.74, 6) is -0.312. The van der Waals surface area contributed by atoms with E-state index < -0.39 is 0 Å². The zero-order valence-electron chi connectivity index (χ0n) is 16.8. The number of benzene rings is 2. The number of hydrogen-bond donors (Lipinski definition) is 1. The van der Waals surface area contributed by atoms with Gasteiger partial charge < -0.3 is 15.5 Å². The Bertz CT molecular complexity index is 826. The molecule has 1 heterocycles. The molecule has 5 nitrogen and oxygen atoms in total. The molecule has 0 saturated carbocycles. The number of carbonyl (C=O) groups excluding carboxylic acids is 2. The van der Waals surface area contributed by atoms with Crippen molar-refractivity contribution in [2.45, 2.75) is 37.8 Å². The molecule has 0 aromatic heterocycles. The molecule has 0 radical (unpaired) electrons. The minimum atomic E-state index is -0.321. The summed E-state index contributed by atoms with van der Waals surface area (Å²) in [6, 6.07) is 15.0. The van der Waals surface area contributed by atoms with Crippen LogP contribution in [0, 0.1) is 5.82 Å². The standard InChI is InChI=1S/C23H28FN3O2/c1-26(23(29)18-6-3-2-4-7-18)16-21-8-5-13-27(21)22(28)15-20(25)14-17-9-11-19(24)12-10-17/h2-4,6-7,9-12,20-21H,5,8,13-16,25H2,1H3/t20-,21+/m1/s1. The molecule has 6 heteroatoms. The molecule has 2 aromatic carbocycles. The first-order chi connectivity index (χ1) is 13.9. The second kappa shape index (κ2) is 9.65. The van der Waals surface area contributed by atoms with Crippen molar-refractivity contribution in [1.29, 1.82) is 0 Å². The normalized spacial score (nSPS) is 17.2. The molecule has 1 aliphatic rings. The molecule has 2 aromatic rings. The van der Waals surface area contributed by atoms with E-state index >= 15 is 0 Å². The van der Waals surface area contributed by atoms with Crippen molar-refractivity contribution in [3.8, 4) is 0 Å². The predicted molar refractivity (Wildman–Crippen MR) is 111 cm³/mol. The predicted octanol–water partition coefficient (Wildman–Crippen LogP) is 2.85. The van der Waals surface area contributed by atoms with Crippen LogP contribution >= 0.6 is 0 Å². The number of nitrogens with zero attached hydrogens (tertiary/aromatic N) is 2. The van der Waals surface area contributed by atoms with Gasteiger partial charge in [0.15, 0.2) is 0 Å². The SMILES string of the molecule is CN(C[C@@H]1CCCN1C(=O)C[C@H](N)Cc1ccc(F)cc1)C(=O)c1ccccc1. The van der Waals surface area contributed by atoms with E-state index in [1.807, 2.05) is 23.1 Å². The van der Waals surface area contributed by atoms with Gasteiger partial charge in [-0.1, -0.05) is 30.3 Å². The molecule has 2 amide bonds. The van der Waals surface area contributed by atoms with Crippen LogP contribution in [-0.4, -0.2) is 53.8 Å². The second-order valence-corrected chi connectivity index (χ2v) is 7.73. The van der Waals surface area contributed by atoms with Gasteiger partial charge in [0.1, 0.15) is 5.82 Å². The Morgan fingerprint density at radius 1 is 1.17 bits per heavy atom. The highest BCUT2D eigenvalue weighted by molar-refractivity contribution is 5.94. The molecule has 0 unspecified atom stereocenters. The Kier molecular flexibility index (Phi) is 6.99. The van der Waals surface area contributed by atoms with Crippen molar-refractivity contribution in [2.75, 3.05) is 20.1 Å². The van der Waals surface area contributed by atoms with Gasteiger partial charge in [-0.05, 0) is 49.1 Å². The molecule has 1 saturated heterocycles. The van der Waals surface area contributed by atoms with Crippen molar-refractivity contribution in [1.82, 2.24) is 9.80 Å². The molecular weight excluding hydrogens is 369 g/mol. The van der Waals surface area contributed by atoms with Gasteiger partial charge in [0, 0.05) is 44.2 Å². The Morgan fingerprint density at radius 3 is 2.55 bits per heavy atom. The maximum Gasteiger partial charge on any atom is 0.253 e. The largest absolute Gasteiger partial charge is 0.340 e. The lowest BCUT2D eigenvalue weighted by Crippen LogP contribution is -2.45. The lowest BCUT2D eigenvalue weighted by atomic mass is 10.0. The smallest absolute Gasteiger partial charge is 0.253 e. The average molecular weight is 397 g/mol. The van der Waals surface area contributed by atoms with E-state index in [2.05, 4.69) is 0 Å². The summed E-state index contributed by atoms with van der Waals surface area (Å²) in [5, 5.41) is 0. The molecule has 154 valence electrons. The number of halogens is 1. The van der Waals surface area contributed by atoms with E-state index in [9.17, 15) is 14.0 Å². The van der Waals surface area contributed by atoms with Crippen LogP contribution in [0.4, 0.5) is 4.39 Å². The molecule has 1 aliphatic heterocycles. The highest BCUT2D eigenvalue weighted by Crippen LogP contribution is 2.20. The summed E-state index contributed by atoms with van der Waals surface area (Å²) in [5.41, 5.74) is 7.74. The van der Waals surface area contributed by atoms with Gasteiger partial charge in [0.25, 0.3) is 5.91 Å². The van der Waals surface area contributed by atoms with Crippen molar-refractivity contribution in [2.24, 2.45) is 5.73 Å². The Balaban J connectivity index is 1.54. The molecule has 3 rings (SSSR count). The molecule has 0 spiro atoms. The Morgan fingerprint density at radius 2 is 1.86 bits per heavy atom. The first kappa shape index (κ1) is 21.0. The molecule has 2 N–H and O–H groups in total. The Labute approximate surface area is 171 Å². The van der Waals surface area contributed by atoms with Gasteiger partial charge in [0.2, 0.25) is 5.91 Å². The minimum absolute atomic E-state index is 0.0122. The maximum absolute atomic E-state index is 13.0. The fraction of sp³-hybridized carbons (Fsp3) is 0.391. The molecule has 2 atom stereocenters. The van der Waals surface area contributed by atoms with Gasteiger partial charge >= 0.3 is 0 Å². The molecule has 0 bridgehead atoms. The lowest BCUT2D eigenvalue weighted by molar-refractivity contribution is -0.132. The van der Waals surface area contributed by atoms with Crippen molar-refractivity contribution >= 4 is 11.8 Å². The van der Waals surface area contributed by atoms with E-state index in [4.69, 9.17) is 5.73 Å². The van der Waals surface area contributed by atoms with Crippen LogP contribution in [0.15, 0.2) is 54.6 Å². The van der Waals surface area contributed by atoms with Crippen LogP contribution in [0.2, 0.25) is 0 Å². The van der Waals surface area contributed by atoms with Crippen LogP contribution in [-0.2, 0) is 11.2 Å². The number of nitrogens with two attached hydrogens (primary N) is 1. The van der Waals surface area contributed by atoms with Crippen molar-refractivity contribution < 1.29 is 14.0 Å². The summed E-state index contributed by atoms with van der Waals surface area (Å²) in [4.78, 5) is 28.9. The molecule has 1 fully saturated rings. The van der Waals surface area contributed by atoms with Gasteiger partial charge in [-0.25, -0.2) is 4.39 Å². The molecule has 0 aliphatic carbocycles. The second-order valence-electron chi connectivity index (χ2n) is 7.73. The fourth-order valence-electron chi connectivity index (χ4n) is 3.89. The van der Waals surface area contributed by atoms with E-state index in [1.165, 1.54) is 12.1 Å².